The smallest absolute Gasteiger partial charge is 0.479 e. The highest BCUT2D eigenvalue weighted by molar-refractivity contribution is 5.79. The Labute approximate surface area is 98.4 Å². The number of benzene rings is 1. The fourth-order valence-corrected chi connectivity index (χ4v) is 1.20. The highest BCUT2D eigenvalue weighted by Gasteiger charge is 2.33. The molecule has 1 aromatic rings. The minimum absolute atomic E-state index is 0.0835. The normalized spacial score (nSPS) is 12.9. The molecule has 0 aliphatic heterocycles. The largest absolute Gasteiger partial charge is 0.573 e. The topological polar surface area (TPSA) is 83.8 Å². The van der Waals surface area contributed by atoms with Crippen molar-refractivity contribution in [3.63, 3.8) is 0 Å². The molecule has 0 aromatic heterocycles. The average molecular weight is 264 g/mol. The van der Waals surface area contributed by atoms with E-state index in [-0.39, 0.29) is 5.56 Å². The van der Waals surface area contributed by atoms with Gasteiger partial charge in [0.25, 0.3) is 0 Å². The number of aldehydes is 1. The van der Waals surface area contributed by atoms with Gasteiger partial charge in [-0.25, -0.2) is 4.79 Å². The molecule has 5 nitrogen and oxygen atoms in total. The Morgan fingerprint density at radius 2 is 2.00 bits per heavy atom. The lowest BCUT2D eigenvalue weighted by Gasteiger charge is -2.15. The van der Waals surface area contributed by atoms with E-state index in [2.05, 4.69) is 4.74 Å². The van der Waals surface area contributed by atoms with Crippen molar-refractivity contribution in [1.82, 2.24) is 0 Å². The lowest BCUT2D eigenvalue weighted by molar-refractivity contribution is -0.275. The summed E-state index contributed by atoms with van der Waals surface area (Å²) in [5.74, 6) is -2.63. The number of halogens is 3. The molecule has 1 unspecified atom stereocenters. The van der Waals surface area contributed by atoms with E-state index < -0.39 is 29.7 Å². The molecule has 0 saturated carbocycles. The summed E-state index contributed by atoms with van der Waals surface area (Å²) >= 11 is 0. The fourth-order valence-electron chi connectivity index (χ4n) is 1.20. The number of ether oxygens (including phenoxy) is 1. The molecule has 98 valence electrons. The predicted molar refractivity (Wildman–Crippen MR) is 51.1 cm³/mol. The number of aliphatic carboxylic acids is 1. The highest BCUT2D eigenvalue weighted by atomic mass is 19.4. The SMILES string of the molecule is O=Cc1ccc(OC(F)(F)F)c(C(O)C(=O)O)c1. The van der Waals surface area contributed by atoms with Gasteiger partial charge in [0, 0.05) is 11.1 Å². The Hall–Kier alpha value is -2.09. The molecule has 0 saturated heterocycles. The summed E-state index contributed by atoms with van der Waals surface area (Å²) in [6, 6.07) is 2.58. The maximum Gasteiger partial charge on any atom is 0.573 e. The van der Waals surface area contributed by atoms with E-state index in [0.29, 0.717) is 6.29 Å². The van der Waals surface area contributed by atoms with Crippen molar-refractivity contribution in [2.45, 2.75) is 12.5 Å². The van der Waals surface area contributed by atoms with E-state index in [4.69, 9.17) is 5.11 Å². The number of hydrogen-bond donors (Lipinski definition) is 2. The third-order valence-corrected chi connectivity index (χ3v) is 1.92. The van der Waals surface area contributed by atoms with E-state index in [1.54, 1.807) is 0 Å². The van der Waals surface area contributed by atoms with Gasteiger partial charge >= 0.3 is 12.3 Å². The van der Waals surface area contributed by atoms with Crippen molar-refractivity contribution in [3.05, 3.63) is 29.3 Å². The minimum atomic E-state index is -5.03. The first-order valence-corrected chi connectivity index (χ1v) is 4.50. The van der Waals surface area contributed by atoms with Crippen molar-refractivity contribution < 1.29 is 37.7 Å². The number of hydrogen-bond acceptors (Lipinski definition) is 4. The summed E-state index contributed by atoms with van der Waals surface area (Å²) in [5, 5.41) is 17.8. The molecule has 0 heterocycles. The number of aliphatic hydroxyl groups is 1. The van der Waals surface area contributed by atoms with Crippen LogP contribution in [0.3, 0.4) is 0 Å². The van der Waals surface area contributed by atoms with Crippen molar-refractivity contribution in [2.75, 3.05) is 0 Å². The number of carboxylic acids is 1. The third kappa shape index (κ3) is 3.45. The summed E-state index contributed by atoms with van der Waals surface area (Å²) in [5.41, 5.74) is -0.732. The Morgan fingerprint density at radius 3 is 2.44 bits per heavy atom. The van der Waals surface area contributed by atoms with Crippen LogP contribution in [0.15, 0.2) is 18.2 Å². The van der Waals surface area contributed by atoms with Crippen LogP contribution in [-0.2, 0) is 4.79 Å². The lowest BCUT2D eigenvalue weighted by atomic mass is 10.1. The molecule has 0 aliphatic carbocycles. The van der Waals surface area contributed by atoms with E-state index >= 15 is 0 Å². The van der Waals surface area contributed by atoms with Gasteiger partial charge in [-0.05, 0) is 18.2 Å². The predicted octanol–water partition coefficient (Wildman–Crippen LogP) is 1.52. The Kier molecular flexibility index (Phi) is 3.92. The molecular weight excluding hydrogens is 257 g/mol. The monoisotopic (exact) mass is 264 g/mol. The lowest BCUT2D eigenvalue weighted by Crippen LogP contribution is -2.20. The van der Waals surface area contributed by atoms with Crippen molar-refractivity contribution in [1.29, 1.82) is 0 Å². The number of carboxylic acid groups (broad SMARTS) is 1. The number of carbonyl (C=O) groups excluding carboxylic acids is 1. The number of rotatable bonds is 4. The Morgan fingerprint density at radius 1 is 1.39 bits per heavy atom. The van der Waals surface area contributed by atoms with E-state index in [1.807, 2.05) is 0 Å². The van der Waals surface area contributed by atoms with Crippen LogP contribution < -0.4 is 4.74 Å². The van der Waals surface area contributed by atoms with Gasteiger partial charge in [-0.15, -0.1) is 13.2 Å². The van der Waals surface area contributed by atoms with Gasteiger partial charge < -0.3 is 14.9 Å². The van der Waals surface area contributed by atoms with Crippen LogP contribution in [0.5, 0.6) is 5.75 Å². The summed E-state index contributed by atoms with van der Waals surface area (Å²) in [6.07, 6.45) is -6.95. The molecule has 1 atom stereocenters. The number of alkyl halides is 3. The molecule has 0 radical (unpaired) electrons. The van der Waals surface area contributed by atoms with E-state index in [9.17, 15) is 27.9 Å². The van der Waals surface area contributed by atoms with Gasteiger partial charge in [0.05, 0.1) is 0 Å². The molecule has 1 aromatic carbocycles. The first-order valence-electron chi connectivity index (χ1n) is 4.50. The third-order valence-electron chi connectivity index (χ3n) is 1.92. The van der Waals surface area contributed by atoms with Crippen molar-refractivity contribution in [2.24, 2.45) is 0 Å². The van der Waals surface area contributed by atoms with E-state index in [1.165, 1.54) is 0 Å². The van der Waals surface area contributed by atoms with Gasteiger partial charge in [-0.3, -0.25) is 4.79 Å². The van der Waals surface area contributed by atoms with Crippen molar-refractivity contribution in [3.8, 4) is 5.75 Å². The summed E-state index contributed by atoms with van der Waals surface area (Å²) < 4.78 is 39.7. The summed E-state index contributed by atoms with van der Waals surface area (Å²) in [7, 11) is 0. The maximum absolute atomic E-state index is 12.0. The molecular formula is C10H7F3O5. The first kappa shape index (κ1) is 14.0. The quantitative estimate of drug-likeness (QED) is 0.805. The standard InChI is InChI=1S/C10H7F3O5/c11-10(12,13)18-7-2-1-5(4-14)3-6(7)8(15)9(16)17/h1-4,8,15H,(H,16,17). The van der Waals surface area contributed by atoms with Crippen LogP contribution in [0.1, 0.15) is 22.0 Å². The van der Waals surface area contributed by atoms with Crippen LogP contribution in [-0.4, -0.2) is 28.8 Å². The molecule has 0 spiro atoms. The summed E-state index contributed by atoms with van der Waals surface area (Å²) in [6.45, 7) is 0. The molecule has 1 rings (SSSR count). The fraction of sp³-hybridized carbons (Fsp3) is 0.200. The molecule has 8 heteroatoms. The van der Waals surface area contributed by atoms with Crippen molar-refractivity contribution >= 4 is 12.3 Å². The minimum Gasteiger partial charge on any atom is -0.479 e. The molecule has 2 N–H and O–H groups in total. The van der Waals surface area contributed by atoms with Crippen LogP contribution in [0.25, 0.3) is 0 Å². The molecule has 0 fully saturated rings. The molecule has 18 heavy (non-hydrogen) atoms. The zero-order valence-electron chi connectivity index (χ0n) is 8.64. The highest BCUT2D eigenvalue weighted by Crippen LogP contribution is 2.31. The first-order chi connectivity index (χ1) is 8.24. The second kappa shape index (κ2) is 5.05. The Balaban J connectivity index is 3.24. The van der Waals surface area contributed by atoms with Gasteiger partial charge in [0.15, 0.2) is 6.10 Å². The van der Waals surface area contributed by atoms with Crippen LogP contribution >= 0.6 is 0 Å². The number of aliphatic hydroxyl groups excluding tert-OH is 1. The zero-order chi connectivity index (χ0) is 13.9. The van der Waals surface area contributed by atoms with Gasteiger partial charge in [-0.1, -0.05) is 0 Å². The number of carbonyl (C=O) groups is 2. The van der Waals surface area contributed by atoms with Gasteiger partial charge in [-0.2, -0.15) is 0 Å². The van der Waals surface area contributed by atoms with Gasteiger partial charge in [0.2, 0.25) is 0 Å². The summed E-state index contributed by atoms with van der Waals surface area (Å²) in [4.78, 5) is 21.0. The molecule has 0 amide bonds. The maximum atomic E-state index is 12.0. The van der Waals surface area contributed by atoms with Gasteiger partial charge in [0.1, 0.15) is 12.0 Å². The second-order valence-electron chi connectivity index (χ2n) is 3.20. The molecule has 0 bridgehead atoms. The van der Waals surface area contributed by atoms with E-state index in [0.717, 1.165) is 18.2 Å². The average Bonchev–Trinajstić information content (AvgIpc) is 2.26. The second-order valence-corrected chi connectivity index (χ2v) is 3.20. The molecule has 0 aliphatic rings. The van der Waals surface area contributed by atoms with Crippen LogP contribution in [0.2, 0.25) is 0 Å². The Bertz CT molecular complexity index is 469. The van der Waals surface area contributed by atoms with Crippen LogP contribution in [0, 0.1) is 0 Å². The zero-order valence-corrected chi connectivity index (χ0v) is 8.64. The van der Waals surface area contributed by atoms with Crippen LogP contribution in [0.4, 0.5) is 13.2 Å².